The molecule has 1 saturated heterocycles. The summed E-state index contributed by atoms with van der Waals surface area (Å²) in [5.41, 5.74) is 0. The van der Waals surface area contributed by atoms with Crippen molar-refractivity contribution in [3.8, 4) is 0 Å². The van der Waals surface area contributed by atoms with Crippen LogP contribution < -0.4 is 10.0 Å². The molecule has 2 unspecified atom stereocenters. The van der Waals surface area contributed by atoms with Gasteiger partial charge in [-0.25, -0.2) is 8.93 Å². The first-order chi connectivity index (χ1) is 4.29. The van der Waals surface area contributed by atoms with E-state index < -0.39 is 11.3 Å². The van der Waals surface area contributed by atoms with Crippen molar-refractivity contribution in [1.82, 2.24) is 10.0 Å². The summed E-state index contributed by atoms with van der Waals surface area (Å²) in [4.78, 5) is 0. The smallest absolute Gasteiger partial charge is 0.232 e. The van der Waals surface area contributed by atoms with E-state index in [4.69, 9.17) is 4.55 Å². The molecule has 4 nitrogen and oxygen atoms in total. The average molecular weight is 150 g/mol. The van der Waals surface area contributed by atoms with E-state index in [2.05, 4.69) is 10.0 Å². The molecule has 2 atom stereocenters. The van der Waals surface area contributed by atoms with Gasteiger partial charge in [0.25, 0.3) is 0 Å². The quantitative estimate of drug-likeness (QED) is 0.446. The van der Waals surface area contributed by atoms with Crippen molar-refractivity contribution in [2.24, 2.45) is 0 Å². The molecule has 54 valence electrons. The van der Waals surface area contributed by atoms with Crippen LogP contribution in [0.25, 0.3) is 0 Å². The van der Waals surface area contributed by atoms with Gasteiger partial charge < -0.3 is 5.32 Å². The van der Waals surface area contributed by atoms with Gasteiger partial charge in [0.15, 0.2) is 0 Å². The molecule has 9 heavy (non-hydrogen) atoms. The molecular weight excluding hydrogens is 140 g/mol. The molecule has 1 heterocycles. The molecule has 0 radical (unpaired) electrons. The first kappa shape index (κ1) is 7.14. The predicted octanol–water partition coefficient (Wildman–Crippen LogP) is -0.925. The summed E-state index contributed by atoms with van der Waals surface area (Å²) in [6.07, 6.45) is 0.937. The highest BCUT2D eigenvalue weighted by Crippen LogP contribution is 1.96. The Hall–Kier alpha value is 0.0300. The molecular formula is C4H10N2O2S. The largest absolute Gasteiger partial charge is 0.315 e. The molecule has 5 heteroatoms. The van der Waals surface area contributed by atoms with Crippen molar-refractivity contribution in [1.29, 1.82) is 0 Å². The lowest BCUT2D eigenvalue weighted by atomic mass is 10.3. The van der Waals surface area contributed by atoms with Crippen LogP contribution in [-0.4, -0.2) is 27.9 Å². The highest BCUT2D eigenvalue weighted by Gasteiger charge is 2.14. The third-order valence-electron chi connectivity index (χ3n) is 1.33. The third-order valence-corrected chi connectivity index (χ3v) is 1.86. The summed E-state index contributed by atoms with van der Waals surface area (Å²) in [7, 11) is 0. The third kappa shape index (κ3) is 2.40. The first-order valence-electron chi connectivity index (χ1n) is 2.87. The molecule has 0 saturated carbocycles. The zero-order valence-electron chi connectivity index (χ0n) is 4.96. The first-order valence-corrected chi connectivity index (χ1v) is 3.97. The van der Waals surface area contributed by atoms with Crippen LogP contribution >= 0.6 is 0 Å². The van der Waals surface area contributed by atoms with Crippen molar-refractivity contribution in [3.05, 3.63) is 0 Å². The number of rotatable bonds is 2. The number of nitrogens with one attached hydrogen (secondary N) is 2. The second-order valence-electron chi connectivity index (χ2n) is 2.06. The highest BCUT2D eigenvalue weighted by atomic mass is 32.2. The SMILES string of the molecule is O=S(O)NC1CCNC1. The Kier molecular flexibility index (Phi) is 2.59. The topological polar surface area (TPSA) is 61.4 Å². The second-order valence-corrected chi connectivity index (χ2v) is 2.79. The van der Waals surface area contributed by atoms with Crippen molar-refractivity contribution in [2.75, 3.05) is 13.1 Å². The Morgan fingerprint density at radius 1 is 1.78 bits per heavy atom. The molecule has 1 aliphatic rings. The van der Waals surface area contributed by atoms with Gasteiger partial charge in [-0.2, -0.15) is 0 Å². The molecule has 1 fully saturated rings. The second kappa shape index (κ2) is 3.26. The summed E-state index contributed by atoms with van der Waals surface area (Å²) in [6, 6.07) is 0.177. The number of hydrogen-bond donors (Lipinski definition) is 3. The van der Waals surface area contributed by atoms with Gasteiger partial charge in [0.2, 0.25) is 11.3 Å². The van der Waals surface area contributed by atoms with Gasteiger partial charge in [0.05, 0.1) is 0 Å². The molecule has 0 bridgehead atoms. The van der Waals surface area contributed by atoms with Gasteiger partial charge in [0, 0.05) is 12.6 Å². The minimum Gasteiger partial charge on any atom is -0.315 e. The molecule has 0 aromatic heterocycles. The Balaban J connectivity index is 2.19. The van der Waals surface area contributed by atoms with Crippen LogP contribution in [0.5, 0.6) is 0 Å². The summed E-state index contributed by atoms with van der Waals surface area (Å²) in [5, 5.41) is 3.07. The van der Waals surface area contributed by atoms with Crippen molar-refractivity contribution < 1.29 is 8.76 Å². The molecule has 3 N–H and O–H groups in total. The van der Waals surface area contributed by atoms with Gasteiger partial charge in [-0.3, -0.25) is 4.55 Å². The predicted molar refractivity (Wildman–Crippen MR) is 35.2 cm³/mol. The standard InChI is InChI=1S/C4H10N2O2S/c7-9(8)6-4-1-2-5-3-4/h4-6H,1-3H2,(H,7,8). The van der Waals surface area contributed by atoms with Crippen molar-refractivity contribution in [3.63, 3.8) is 0 Å². The van der Waals surface area contributed by atoms with Gasteiger partial charge in [-0.05, 0) is 13.0 Å². The molecule has 1 aliphatic heterocycles. The van der Waals surface area contributed by atoms with E-state index in [1.165, 1.54) is 0 Å². The van der Waals surface area contributed by atoms with Crippen LogP contribution in [-0.2, 0) is 11.3 Å². The normalized spacial score (nSPS) is 30.6. The van der Waals surface area contributed by atoms with Crippen LogP contribution in [0.3, 0.4) is 0 Å². The van der Waals surface area contributed by atoms with E-state index in [-0.39, 0.29) is 6.04 Å². The molecule has 0 aliphatic carbocycles. The fraction of sp³-hybridized carbons (Fsp3) is 1.00. The summed E-state index contributed by atoms with van der Waals surface area (Å²) >= 11 is -1.85. The van der Waals surface area contributed by atoms with Crippen LogP contribution in [0, 0.1) is 0 Å². The lowest BCUT2D eigenvalue weighted by molar-refractivity contribution is 0.530. The van der Waals surface area contributed by atoms with E-state index >= 15 is 0 Å². The van der Waals surface area contributed by atoms with E-state index in [1.807, 2.05) is 0 Å². The Morgan fingerprint density at radius 2 is 2.56 bits per heavy atom. The maximum atomic E-state index is 10.1. The van der Waals surface area contributed by atoms with Crippen LogP contribution in [0.2, 0.25) is 0 Å². The van der Waals surface area contributed by atoms with Crippen LogP contribution in [0.4, 0.5) is 0 Å². The van der Waals surface area contributed by atoms with Gasteiger partial charge in [-0.1, -0.05) is 0 Å². The van der Waals surface area contributed by atoms with Crippen molar-refractivity contribution in [2.45, 2.75) is 12.5 Å². The Morgan fingerprint density at radius 3 is 3.00 bits per heavy atom. The minimum atomic E-state index is -1.85. The Bertz CT molecular complexity index is 113. The van der Waals surface area contributed by atoms with Gasteiger partial charge >= 0.3 is 0 Å². The zero-order valence-corrected chi connectivity index (χ0v) is 5.78. The summed E-state index contributed by atoms with van der Waals surface area (Å²) < 4.78 is 21.0. The highest BCUT2D eigenvalue weighted by molar-refractivity contribution is 7.77. The molecule has 0 spiro atoms. The summed E-state index contributed by atoms with van der Waals surface area (Å²) in [5.74, 6) is 0. The molecule has 0 aromatic carbocycles. The van der Waals surface area contributed by atoms with E-state index in [0.29, 0.717) is 0 Å². The van der Waals surface area contributed by atoms with E-state index in [9.17, 15) is 4.21 Å². The maximum absolute atomic E-state index is 10.1. The minimum absolute atomic E-state index is 0.177. The fourth-order valence-corrected chi connectivity index (χ4v) is 1.38. The van der Waals surface area contributed by atoms with Crippen LogP contribution in [0.1, 0.15) is 6.42 Å². The van der Waals surface area contributed by atoms with E-state index in [1.54, 1.807) is 0 Å². The molecule has 0 amide bonds. The maximum Gasteiger partial charge on any atom is 0.232 e. The van der Waals surface area contributed by atoms with Gasteiger partial charge in [0.1, 0.15) is 0 Å². The summed E-state index contributed by atoms with van der Waals surface area (Å²) in [6.45, 7) is 1.74. The average Bonchev–Trinajstić information content (AvgIpc) is 2.15. The van der Waals surface area contributed by atoms with Crippen LogP contribution in [0.15, 0.2) is 0 Å². The lowest BCUT2D eigenvalue weighted by Crippen LogP contribution is -2.31. The Labute approximate surface area is 56.4 Å². The van der Waals surface area contributed by atoms with Gasteiger partial charge in [-0.15, -0.1) is 0 Å². The van der Waals surface area contributed by atoms with E-state index in [0.717, 1.165) is 19.5 Å². The number of hydrogen-bond acceptors (Lipinski definition) is 2. The lowest BCUT2D eigenvalue weighted by Gasteiger charge is -2.04. The molecule has 1 rings (SSSR count). The fourth-order valence-electron chi connectivity index (χ4n) is 0.898. The van der Waals surface area contributed by atoms with Crippen molar-refractivity contribution >= 4 is 11.3 Å². The zero-order chi connectivity index (χ0) is 6.69. The monoisotopic (exact) mass is 150 g/mol. The molecule has 0 aromatic rings.